The molecule has 0 aliphatic carbocycles. The molecule has 0 radical (unpaired) electrons. The van der Waals surface area contributed by atoms with E-state index in [4.69, 9.17) is 14.2 Å². The van der Waals surface area contributed by atoms with Crippen molar-refractivity contribution in [2.45, 2.75) is 31.9 Å². The minimum Gasteiger partial charge on any atom is -0.493 e. The highest BCUT2D eigenvalue weighted by Gasteiger charge is 2.27. The van der Waals surface area contributed by atoms with Gasteiger partial charge >= 0.3 is 0 Å². The van der Waals surface area contributed by atoms with Gasteiger partial charge in [0.05, 0.1) is 26.9 Å². The Balaban J connectivity index is 1.36. The molecule has 4 aromatic rings. The van der Waals surface area contributed by atoms with Gasteiger partial charge in [-0.15, -0.1) is 11.3 Å². The van der Waals surface area contributed by atoms with Crippen LogP contribution >= 0.6 is 11.3 Å². The zero-order valence-electron chi connectivity index (χ0n) is 23.6. The highest BCUT2D eigenvalue weighted by atomic mass is 32.1. The summed E-state index contributed by atoms with van der Waals surface area (Å²) in [7, 11) is 3.23. The maximum Gasteiger partial charge on any atom is 0.254 e. The van der Waals surface area contributed by atoms with Gasteiger partial charge in [0.1, 0.15) is 6.54 Å². The lowest BCUT2D eigenvalue weighted by molar-refractivity contribution is -0.132. The van der Waals surface area contributed by atoms with Crippen molar-refractivity contribution in [3.8, 4) is 11.5 Å². The summed E-state index contributed by atoms with van der Waals surface area (Å²) in [6.07, 6.45) is 2.42. The molecule has 2 amide bonds. The fraction of sp³-hybridized carbons (Fsp3) is 0.333. The number of rotatable bonds is 12. The molecule has 0 N–H and O–H groups in total. The van der Waals surface area contributed by atoms with Gasteiger partial charge in [-0.2, -0.15) is 0 Å². The quantitative estimate of drug-likeness (QED) is 0.214. The molecular formula is C33H36N2O5S. The van der Waals surface area contributed by atoms with Crippen LogP contribution in [-0.2, 0) is 22.5 Å². The van der Waals surface area contributed by atoms with Crippen molar-refractivity contribution in [1.29, 1.82) is 0 Å². The predicted molar refractivity (Wildman–Crippen MR) is 162 cm³/mol. The van der Waals surface area contributed by atoms with Crippen LogP contribution in [0.1, 0.15) is 33.6 Å². The Hall–Kier alpha value is -3.88. The van der Waals surface area contributed by atoms with E-state index in [0.717, 1.165) is 34.1 Å². The second kappa shape index (κ2) is 13.7. The summed E-state index contributed by atoms with van der Waals surface area (Å²) in [6.45, 7) is 2.06. The topological polar surface area (TPSA) is 68.3 Å². The highest BCUT2D eigenvalue weighted by Crippen LogP contribution is 2.28. The molecule has 1 saturated heterocycles. The van der Waals surface area contributed by atoms with E-state index in [9.17, 15) is 9.59 Å². The molecule has 1 aliphatic rings. The summed E-state index contributed by atoms with van der Waals surface area (Å²) in [5.41, 5.74) is 1.61. The summed E-state index contributed by atoms with van der Waals surface area (Å²) < 4.78 is 16.7. The molecule has 41 heavy (non-hydrogen) atoms. The van der Waals surface area contributed by atoms with E-state index in [2.05, 4.69) is 0 Å². The van der Waals surface area contributed by atoms with E-state index < -0.39 is 0 Å². The molecular weight excluding hydrogens is 536 g/mol. The molecule has 0 bridgehead atoms. The van der Waals surface area contributed by atoms with Crippen LogP contribution in [-0.4, -0.2) is 68.2 Å². The lowest BCUT2D eigenvalue weighted by Crippen LogP contribution is -2.45. The first kappa shape index (κ1) is 28.6. The van der Waals surface area contributed by atoms with Gasteiger partial charge in [0.25, 0.3) is 5.91 Å². The molecule has 3 aromatic carbocycles. The number of hydrogen-bond acceptors (Lipinski definition) is 6. The Bertz CT molecular complexity index is 1470. The van der Waals surface area contributed by atoms with E-state index in [-0.39, 0.29) is 24.5 Å². The van der Waals surface area contributed by atoms with E-state index in [1.165, 1.54) is 0 Å². The van der Waals surface area contributed by atoms with Gasteiger partial charge in [0, 0.05) is 30.1 Å². The van der Waals surface area contributed by atoms with E-state index >= 15 is 0 Å². The average molecular weight is 573 g/mol. The molecule has 0 saturated carbocycles. The van der Waals surface area contributed by atoms with Crippen molar-refractivity contribution >= 4 is 33.9 Å². The molecule has 1 atom stereocenters. The summed E-state index contributed by atoms with van der Waals surface area (Å²) in [6, 6.07) is 23.5. The van der Waals surface area contributed by atoms with Crippen LogP contribution in [0.4, 0.5) is 0 Å². The number of hydrogen-bond donors (Lipinski definition) is 0. The number of nitrogens with zero attached hydrogens (tertiary/aromatic N) is 2. The number of amides is 2. The van der Waals surface area contributed by atoms with Crippen LogP contribution in [0.3, 0.4) is 0 Å². The molecule has 5 rings (SSSR count). The van der Waals surface area contributed by atoms with Crippen molar-refractivity contribution in [2.75, 3.05) is 40.5 Å². The van der Waals surface area contributed by atoms with Crippen LogP contribution in [0.2, 0.25) is 0 Å². The van der Waals surface area contributed by atoms with Crippen molar-refractivity contribution in [3.05, 3.63) is 94.2 Å². The predicted octanol–water partition coefficient (Wildman–Crippen LogP) is 5.81. The Morgan fingerprint density at radius 1 is 0.927 bits per heavy atom. The Morgan fingerprint density at radius 2 is 1.76 bits per heavy atom. The van der Waals surface area contributed by atoms with Gasteiger partial charge in [-0.25, -0.2) is 0 Å². The minimum absolute atomic E-state index is 0.0111. The smallest absolute Gasteiger partial charge is 0.254 e. The van der Waals surface area contributed by atoms with Crippen LogP contribution in [0, 0.1) is 0 Å². The summed E-state index contributed by atoms with van der Waals surface area (Å²) in [5.74, 6) is 1.08. The van der Waals surface area contributed by atoms with Gasteiger partial charge < -0.3 is 24.0 Å². The number of carbonyl (C=O) groups excluding carboxylic acids is 2. The zero-order chi connectivity index (χ0) is 28.6. The molecule has 0 spiro atoms. The molecule has 214 valence electrons. The summed E-state index contributed by atoms with van der Waals surface area (Å²) >= 11 is 1.62. The second-order valence-electron chi connectivity index (χ2n) is 10.2. The van der Waals surface area contributed by atoms with Crippen molar-refractivity contribution < 1.29 is 23.8 Å². The fourth-order valence-electron chi connectivity index (χ4n) is 5.20. The molecule has 7 nitrogen and oxygen atoms in total. The van der Waals surface area contributed by atoms with Crippen LogP contribution in [0.25, 0.3) is 10.8 Å². The minimum atomic E-state index is -0.157. The normalized spacial score (nSPS) is 14.6. The van der Waals surface area contributed by atoms with Gasteiger partial charge in [0.15, 0.2) is 11.5 Å². The third kappa shape index (κ3) is 7.26. The lowest BCUT2D eigenvalue weighted by atomic mass is 10.1. The molecule has 1 aromatic heterocycles. The summed E-state index contributed by atoms with van der Waals surface area (Å²) in [5, 5.41) is 4.08. The molecule has 1 unspecified atom stereocenters. The van der Waals surface area contributed by atoms with Gasteiger partial charge in [-0.1, -0.05) is 42.5 Å². The van der Waals surface area contributed by atoms with E-state index in [0.29, 0.717) is 49.7 Å². The van der Waals surface area contributed by atoms with Crippen LogP contribution < -0.4 is 9.47 Å². The zero-order valence-corrected chi connectivity index (χ0v) is 24.4. The SMILES string of the molecule is COc1ccc(CCN(Cc2cccs2)C(=O)CN(CC2CCCO2)C(=O)c2ccc3ccccc3c2)cc1OC. The van der Waals surface area contributed by atoms with Crippen molar-refractivity contribution in [1.82, 2.24) is 9.80 Å². The number of thiophene rings is 1. The standard InChI is InChI=1S/C33H36N2O5S/c1-38-30-14-11-24(19-31(30)39-2)15-16-34(22-29-10-6-18-41-29)32(36)23-35(21-28-9-5-17-40-28)33(37)27-13-12-25-7-3-4-8-26(25)20-27/h3-4,6-8,10-14,18-20,28H,5,9,15-17,21-23H2,1-2H3. The molecule has 8 heteroatoms. The summed E-state index contributed by atoms with van der Waals surface area (Å²) in [4.78, 5) is 32.3. The van der Waals surface area contributed by atoms with E-state index in [1.807, 2.05) is 83.1 Å². The first-order valence-corrected chi connectivity index (χ1v) is 14.8. The van der Waals surface area contributed by atoms with E-state index in [1.54, 1.807) is 30.5 Å². The van der Waals surface area contributed by atoms with Crippen molar-refractivity contribution in [2.24, 2.45) is 0 Å². The van der Waals surface area contributed by atoms with Gasteiger partial charge in [0.2, 0.25) is 5.91 Å². The number of fused-ring (bicyclic) bond motifs is 1. The monoisotopic (exact) mass is 572 g/mol. The first-order chi connectivity index (χ1) is 20.0. The first-order valence-electron chi connectivity index (χ1n) is 13.9. The second-order valence-corrected chi connectivity index (χ2v) is 11.2. The van der Waals surface area contributed by atoms with Gasteiger partial charge in [-0.3, -0.25) is 9.59 Å². The highest BCUT2D eigenvalue weighted by molar-refractivity contribution is 7.09. The Morgan fingerprint density at radius 3 is 2.49 bits per heavy atom. The largest absolute Gasteiger partial charge is 0.493 e. The molecule has 1 fully saturated rings. The average Bonchev–Trinajstić information content (AvgIpc) is 3.72. The number of carbonyl (C=O) groups is 2. The van der Waals surface area contributed by atoms with Crippen molar-refractivity contribution in [3.63, 3.8) is 0 Å². The number of ether oxygens (including phenoxy) is 3. The molecule has 2 heterocycles. The van der Waals surface area contributed by atoms with Gasteiger partial charge in [-0.05, 0) is 71.3 Å². The maximum absolute atomic E-state index is 13.9. The maximum atomic E-state index is 13.9. The molecule has 1 aliphatic heterocycles. The third-order valence-corrected chi connectivity index (χ3v) is 8.32. The number of methoxy groups -OCH3 is 2. The number of benzene rings is 3. The Labute approximate surface area is 245 Å². The lowest BCUT2D eigenvalue weighted by Gasteiger charge is -2.29. The fourth-order valence-corrected chi connectivity index (χ4v) is 5.92. The van der Waals surface area contributed by atoms with Crippen LogP contribution in [0.5, 0.6) is 11.5 Å². The van der Waals surface area contributed by atoms with Crippen LogP contribution in [0.15, 0.2) is 78.2 Å². The Kier molecular flexibility index (Phi) is 9.54. The third-order valence-electron chi connectivity index (χ3n) is 7.46.